The fraction of sp³-hybridized carbons (Fsp3) is 0.0952. The van der Waals surface area contributed by atoms with E-state index >= 15 is 0 Å². The molecule has 0 atom stereocenters. The van der Waals surface area contributed by atoms with Crippen LogP contribution in [0.15, 0.2) is 72.4 Å². The van der Waals surface area contributed by atoms with Crippen molar-refractivity contribution < 1.29 is 9.13 Å². The monoisotopic (exact) mass is 364 g/mol. The van der Waals surface area contributed by atoms with Crippen LogP contribution in [0.2, 0.25) is 0 Å². The van der Waals surface area contributed by atoms with E-state index in [0.29, 0.717) is 12.3 Å². The number of benzene rings is 2. The number of rotatable bonds is 6. The van der Waals surface area contributed by atoms with Gasteiger partial charge in [-0.25, -0.2) is 4.39 Å². The minimum absolute atomic E-state index is 0.200. The number of hydrogen-bond acceptors (Lipinski definition) is 4. The maximum absolute atomic E-state index is 14.3. The largest absolute Gasteiger partial charge is 0.453 e. The van der Waals surface area contributed by atoms with E-state index in [0.717, 1.165) is 12.1 Å². The fourth-order valence-electron chi connectivity index (χ4n) is 2.78. The second-order valence-corrected chi connectivity index (χ2v) is 6.83. The molecule has 0 spiro atoms. The Morgan fingerprint density at radius 1 is 1.04 bits per heavy atom. The first-order valence-corrected chi connectivity index (χ1v) is 9.20. The molecule has 0 aliphatic heterocycles. The highest BCUT2D eigenvalue weighted by Gasteiger charge is 2.07. The van der Waals surface area contributed by atoms with Gasteiger partial charge < -0.3 is 10.1 Å². The number of aromatic nitrogens is 1. The molecule has 0 fully saturated rings. The van der Waals surface area contributed by atoms with Gasteiger partial charge in [0.15, 0.2) is 11.6 Å². The zero-order valence-electron chi connectivity index (χ0n) is 14.0. The van der Waals surface area contributed by atoms with Gasteiger partial charge in [-0.05, 0) is 52.2 Å². The zero-order chi connectivity index (χ0) is 17.8. The minimum atomic E-state index is -0.380. The number of fused-ring (bicyclic) bond motifs is 1. The highest BCUT2D eigenvalue weighted by atomic mass is 32.1. The van der Waals surface area contributed by atoms with Crippen molar-refractivity contribution >= 4 is 21.4 Å². The van der Waals surface area contributed by atoms with E-state index in [2.05, 4.69) is 33.9 Å². The summed E-state index contributed by atoms with van der Waals surface area (Å²) in [5, 5.41) is 6.83. The number of pyridine rings is 1. The Hall–Kier alpha value is -2.76. The van der Waals surface area contributed by atoms with Gasteiger partial charge in [0.2, 0.25) is 0 Å². The van der Waals surface area contributed by atoms with Crippen molar-refractivity contribution in [2.45, 2.75) is 13.1 Å². The lowest BCUT2D eigenvalue weighted by atomic mass is 10.1. The van der Waals surface area contributed by atoms with Gasteiger partial charge in [0.05, 0.1) is 6.20 Å². The summed E-state index contributed by atoms with van der Waals surface area (Å²) in [5.74, 6) is 0.335. The van der Waals surface area contributed by atoms with Crippen LogP contribution in [0.25, 0.3) is 10.1 Å². The molecule has 0 bridgehead atoms. The molecule has 0 unspecified atom stereocenters. The van der Waals surface area contributed by atoms with Gasteiger partial charge in [-0.2, -0.15) is 0 Å². The van der Waals surface area contributed by atoms with E-state index < -0.39 is 0 Å². The van der Waals surface area contributed by atoms with Crippen LogP contribution in [0.3, 0.4) is 0 Å². The molecule has 0 radical (unpaired) electrons. The van der Waals surface area contributed by atoms with Gasteiger partial charge >= 0.3 is 0 Å². The van der Waals surface area contributed by atoms with Crippen molar-refractivity contribution in [3.8, 4) is 11.5 Å². The number of halogens is 1. The average Bonchev–Trinajstić information content (AvgIpc) is 3.08. The molecular formula is C21H17FN2OS. The molecule has 0 saturated carbocycles. The number of thiophene rings is 1. The van der Waals surface area contributed by atoms with E-state index in [9.17, 15) is 4.39 Å². The van der Waals surface area contributed by atoms with Gasteiger partial charge in [-0.3, -0.25) is 4.98 Å². The summed E-state index contributed by atoms with van der Waals surface area (Å²) in [6.45, 7) is 1.34. The van der Waals surface area contributed by atoms with Crippen molar-refractivity contribution in [2.75, 3.05) is 0 Å². The molecule has 1 N–H and O–H groups in total. The smallest absolute Gasteiger partial charge is 0.166 e. The summed E-state index contributed by atoms with van der Waals surface area (Å²) in [4.78, 5) is 3.96. The second kappa shape index (κ2) is 7.64. The van der Waals surface area contributed by atoms with E-state index in [1.54, 1.807) is 41.9 Å². The van der Waals surface area contributed by atoms with E-state index in [1.165, 1.54) is 21.7 Å². The molecule has 5 heteroatoms. The van der Waals surface area contributed by atoms with Crippen LogP contribution in [-0.4, -0.2) is 4.98 Å². The summed E-state index contributed by atoms with van der Waals surface area (Å²) in [7, 11) is 0. The standard InChI is InChI=1S/C21H17FN2OS/c22-19-10-15(7-8-20(19)25-17-4-3-9-23-13-17)11-24-12-16-14-26-21-6-2-1-5-18(16)21/h1-10,13-14,24H,11-12H2. The maximum atomic E-state index is 14.3. The first kappa shape index (κ1) is 16.7. The molecule has 4 aromatic rings. The van der Waals surface area contributed by atoms with E-state index in [-0.39, 0.29) is 11.6 Å². The Kier molecular flexibility index (Phi) is 4.91. The van der Waals surface area contributed by atoms with Crippen molar-refractivity contribution in [3.05, 3.63) is 89.3 Å². The molecule has 3 nitrogen and oxygen atoms in total. The quantitative estimate of drug-likeness (QED) is 0.489. The molecule has 0 aliphatic rings. The van der Waals surface area contributed by atoms with Crippen molar-refractivity contribution in [1.82, 2.24) is 10.3 Å². The number of hydrogen-bond donors (Lipinski definition) is 1. The normalized spacial score (nSPS) is 11.0. The Morgan fingerprint density at radius 2 is 1.96 bits per heavy atom. The zero-order valence-corrected chi connectivity index (χ0v) is 14.8. The Morgan fingerprint density at radius 3 is 2.81 bits per heavy atom. The van der Waals surface area contributed by atoms with Crippen LogP contribution in [0.4, 0.5) is 4.39 Å². The van der Waals surface area contributed by atoms with Crippen LogP contribution < -0.4 is 10.1 Å². The third-order valence-electron chi connectivity index (χ3n) is 4.06. The molecule has 130 valence electrons. The molecule has 0 amide bonds. The molecule has 0 aliphatic carbocycles. The van der Waals surface area contributed by atoms with Crippen LogP contribution in [0.1, 0.15) is 11.1 Å². The topological polar surface area (TPSA) is 34.1 Å². The van der Waals surface area contributed by atoms with E-state index in [4.69, 9.17) is 4.74 Å². The molecule has 0 saturated heterocycles. The van der Waals surface area contributed by atoms with Crippen LogP contribution in [0, 0.1) is 5.82 Å². The third-order valence-corrected chi connectivity index (χ3v) is 5.08. The number of nitrogens with one attached hydrogen (secondary N) is 1. The highest BCUT2D eigenvalue weighted by Crippen LogP contribution is 2.26. The van der Waals surface area contributed by atoms with Crippen LogP contribution >= 0.6 is 11.3 Å². The predicted molar refractivity (Wildman–Crippen MR) is 103 cm³/mol. The Bertz CT molecular complexity index is 1020. The van der Waals surface area contributed by atoms with Gasteiger partial charge in [0.1, 0.15) is 5.75 Å². The second-order valence-electron chi connectivity index (χ2n) is 5.92. The Balaban J connectivity index is 1.39. The summed E-state index contributed by atoms with van der Waals surface area (Å²) < 4.78 is 21.1. The maximum Gasteiger partial charge on any atom is 0.166 e. The lowest BCUT2D eigenvalue weighted by molar-refractivity contribution is 0.439. The first-order chi connectivity index (χ1) is 12.8. The first-order valence-electron chi connectivity index (χ1n) is 8.32. The molecule has 2 heterocycles. The van der Waals surface area contributed by atoms with Crippen LogP contribution in [-0.2, 0) is 13.1 Å². The highest BCUT2D eigenvalue weighted by molar-refractivity contribution is 7.17. The van der Waals surface area contributed by atoms with Crippen molar-refractivity contribution in [3.63, 3.8) is 0 Å². The molecule has 2 aromatic heterocycles. The van der Waals surface area contributed by atoms with Crippen molar-refractivity contribution in [1.29, 1.82) is 0 Å². The van der Waals surface area contributed by atoms with E-state index in [1.807, 2.05) is 12.1 Å². The van der Waals surface area contributed by atoms with Gasteiger partial charge in [0.25, 0.3) is 0 Å². The van der Waals surface area contributed by atoms with Crippen LogP contribution in [0.5, 0.6) is 11.5 Å². The molecule has 2 aromatic carbocycles. The lowest BCUT2D eigenvalue weighted by Crippen LogP contribution is -2.12. The van der Waals surface area contributed by atoms with Gasteiger partial charge in [-0.1, -0.05) is 24.3 Å². The fourth-order valence-corrected chi connectivity index (χ4v) is 3.75. The van der Waals surface area contributed by atoms with Gasteiger partial charge in [0, 0.05) is 24.0 Å². The minimum Gasteiger partial charge on any atom is -0.453 e. The third kappa shape index (κ3) is 3.74. The molecule has 4 rings (SSSR count). The summed E-state index contributed by atoms with van der Waals surface area (Å²) in [6.07, 6.45) is 3.20. The number of nitrogens with zero attached hydrogens (tertiary/aromatic N) is 1. The lowest BCUT2D eigenvalue weighted by Gasteiger charge is -2.09. The summed E-state index contributed by atoms with van der Waals surface area (Å²) in [5.41, 5.74) is 2.14. The SMILES string of the molecule is Fc1cc(CNCc2csc3ccccc23)ccc1Oc1cccnc1. The van der Waals surface area contributed by atoms with Crippen molar-refractivity contribution in [2.24, 2.45) is 0 Å². The van der Waals surface area contributed by atoms with Gasteiger partial charge in [-0.15, -0.1) is 11.3 Å². The summed E-state index contributed by atoms with van der Waals surface area (Å²) >= 11 is 1.74. The molecular weight excluding hydrogens is 347 g/mol. The molecule has 26 heavy (non-hydrogen) atoms. The predicted octanol–water partition coefficient (Wildman–Crippen LogP) is 5.52. The number of ether oxygens (including phenoxy) is 1. The average molecular weight is 364 g/mol. The summed E-state index contributed by atoms with van der Waals surface area (Å²) in [6, 6.07) is 16.9. The Labute approximate surface area is 155 Å².